The maximum absolute atomic E-state index is 12.6. The zero-order valence-electron chi connectivity index (χ0n) is 12.8. The van der Waals surface area contributed by atoms with Gasteiger partial charge in [-0.2, -0.15) is 17.0 Å². The number of likely N-dealkylation sites (N-methyl/N-ethyl adjacent to an activating group) is 1. The lowest BCUT2D eigenvalue weighted by Crippen LogP contribution is -2.48. The van der Waals surface area contributed by atoms with Gasteiger partial charge in [-0.15, -0.1) is 0 Å². The van der Waals surface area contributed by atoms with Crippen LogP contribution in [-0.4, -0.2) is 56.4 Å². The van der Waals surface area contributed by atoms with E-state index in [2.05, 4.69) is 0 Å². The van der Waals surface area contributed by atoms with Crippen LogP contribution in [0.2, 0.25) is 0 Å². The van der Waals surface area contributed by atoms with Crippen LogP contribution in [-0.2, 0) is 10.2 Å². The van der Waals surface area contributed by atoms with Crippen LogP contribution in [0.15, 0.2) is 24.3 Å². The van der Waals surface area contributed by atoms with Crippen molar-refractivity contribution in [1.82, 2.24) is 8.61 Å². The van der Waals surface area contributed by atoms with Crippen molar-refractivity contribution in [2.75, 3.05) is 33.3 Å². The van der Waals surface area contributed by atoms with E-state index in [1.807, 2.05) is 24.3 Å². The van der Waals surface area contributed by atoms with E-state index in [-0.39, 0.29) is 12.6 Å². The normalized spacial score (nSPS) is 22.7. The molecule has 0 spiro atoms. The number of hydrogen-bond acceptors (Lipinski definition) is 4. The first-order valence-electron chi connectivity index (χ1n) is 7.67. The van der Waals surface area contributed by atoms with Gasteiger partial charge in [-0.1, -0.05) is 18.6 Å². The molecule has 0 aromatic heterocycles. The number of ether oxygens (including phenoxy) is 2. The highest BCUT2D eigenvalue weighted by atomic mass is 32.2. The molecule has 3 rings (SSSR count). The van der Waals surface area contributed by atoms with Gasteiger partial charge in [-0.05, 0) is 25.0 Å². The summed E-state index contributed by atoms with van der Waals surface area (Å²) in [5, 5.41) is 0. The van der Waals surface area contributed by atoms with Crippen molar-refractivity contribution in [3.63, 3.8) is 0 Å². The highest BCUT2D eigenvalue weighted by Gasteiger charge is 2.31. The molecule has 1 aromatic rings. The maximum Gasteiger partial charge on any atom is 0.281 e. The monoisotopic (exact) mass is 326 g/mol. The second-order valence-corrected chi connectivity index (χ2v) is 7.78. The zero-order chi connectivity index (χ0) is 15.6. The molecule has 2 aliphatic heterocycles. The Morgan fingerprint density at radius 1 is 1.18 bits per heavy atom. The van der Waals surface area contributed by atoms with E-state index in [9.17, 15) is 8.42 Å². The summed E-state index contributed by atoms with van der Waals surface area (Å²) in [6, 6.07) is 7.44. The SMILES string of the molecule is CN(CC1COc2ccccc2O1)S(=O)(=O)N1CCCCC1. The van der Waals surface area contributed by atoms with Crippen molar-refractivity contribution in [3.05, 3.63) is 24.3 Å². The molecule has 122 valence electrons. The molecule has 2 aliphatic rings. The molecule has 1 saturated heterocycles. The van der Waals surface area contributed by atoms with Gasteiger partial charge in [0.05, 0.1) is 6.54 Å². The van der Waals surface area contributed by atoms with Crippen LogP contribution in [0.1, 0.15) is 19.3 Å². The molecule has 0 amide bonds. The highest BCUT2D eigenvalue weighted by Crippen LogP contribution is 2.31. The first-order valence-corrected chi connectivity index (χ1v) is 9.07. The summed E-state index contributed by atoms with van der Waals surface area (Å²) in [6.45, 7) is 1.86. The average molecular weight is 326 g/mol. The van der Waals surface area contributed by atoms with Crippen LogP contribution in [0, 0.1) is 0 Å². The van der Waals surface area contributed by atoms with E-state index in [1.165, 1.54) is 4.31 Å². The molecule has 1 atom stereocenters. The van der Waals surface area contributed by atoms with Gasteiger partial charge in [-0.3, -0.25) is 0 Å². The fourth-order valence-corrected chi connectivity index (χ4v) is 4.30. The molecule has 2 heterocycles. The number of hydrogen-bond donors (Lipinski definition) is 0. The van der Waals surface area contributed by atoms with Crippen molar-refractivity contribution >= 4 is 10.2 Å². The van der Waals surface area contributed by atoms with E-state index < -0.39 is 10.2 Å². The fourth-order valence-electron chi connectivity index (χ4n) is 2.83. The molecule has 1 fully saturated rings. The predicted molar refractivity (Wildman–Crippen MR) is 83.3 cm³/mol. The minimum atomic E-state index is -3.41. The second kappa shape index (κ2) is 6.44. The van der Waals surface area contributed by atoms with Crippen LogP contribution >= 0.6 is 0 Å². The lowest BCUT2D eigenvalue weighted by Gasteiger charge is -2.33. The van der Waals surface area contributed by atoms with Gasteiger partial charge in [-0.25, -0.2) is 0 Å². The third-order valence-corrected chi connectivity index (χ3v) is 6.02. The Morgan fingerprint density at radius 2 is 1.86 bits per heavy atom. The van der Waals surface area contributed by atoms with Gasteiger partial charge in [0.25, 0.3) is 10.2 Å². The smallest absolute Gasteiger partial charge is 0.281 e. The Morgan fingerprint density at radius 3 is 2.59 bits per heavy atom. The topological polar surface area (TPSA) is 59.1 Å². The van der Waals surface area contributed by atoms with Crippen molar-refractivity contribution < 1.29 is 17.9 Å². The molecule has 7 heteroatoms. The molecular weight excluding hydrogens is 304 g/mol. The van der Waals surface area contributed by atoms with Gasteiger partial charge in [0.2, 0.25) is 0 Å². The summed E-state index contributed by atoms with van der Waals surface area (Å²) in [7, 11) is -1.80. The van der Waals surface area contributed by atoms with Gasteiger partial charge in [0.15, 0.2) is 11.5 Å². The van der Waals surface area contributed by atoms with Gasteiger partial charge < -0.3 is 9.47 Å². The number of fused-ring (bicyclic) bond motifs is 1. The van der Waals surface area contributed by atoms with Crippen molar-refractivity contribution in [2.45, 2.75) is 25.4 Å². The van der Waals surface area contributed by atoms with Crippen LogP contribution in [0.4, 0.5) is 0 Å². The summed E-state index contributed by atoms with van der Waals surface area (Å²) in [6.07, 6.45) is 2.68. The molecule has 0 aliphatic carbocycles. The summed E-state index contributed by atoms with van der Waals surface area (Å²) in [4.78, 5) is 0. The summed E-state index contributed by atoms with van der Waals surface area (Å²) in [5.74, 6) is 1.38. The zero-order valence-corrected chi connectivity index (χ0v) is 13.6. The van der Waals surface area contributed by atoms with Gasteiger partial charge in [0.1, 0.15) is 12.7 Å². The Kier molecular flexibility index (Phi) is 4.56. The van der Waals surface area contributed by atoms with Crippen molar-refractivity contribution in [1.29, 1.82) is 0 Å². The van der Waals surface area contributed by atoms with Crippen LogP contribution in [0.25, 0.3) is 0 Å². The number of piperidine rings is 1. The molecule has 6 nitrogen and oxygen atoms in total. The third-order valence-electron chi connectivity index (χ3n) is 4.06. The lowest BCUT2D eigenvalue weighted by molar-refractivity contribution is 0.0786. The van der Waals surface area contributed by atoms with E-state index in [0.29, 0.717) is 31.2 Å². The number of para-hydroxylation sites is 2. The summed E-state index contributed by atoms with van der Waals surface area (Å²) >= 11 is 0. The van der Waals surface area contributed by atoms with E-state index in [1.54, 1.807) is 11.4 Å². The van der Waals surface area contributed by atoms with E-state index >= 15 is 0 Å². The minimum absolute atomic E-state index is 0.285. The average Bonchev–Trinajstić information content (AvgIpc) is 2.55. The second-order valence-electron chi connectivity index (χ2n) is 5.75. The molecule has 22 heavy (non-hydrogen) atoms. The molecule has 0 radical (unpaired) electrons. The van der Waals surface area contributed by atoms with Crippen LogP contribution < -0.4 is 9.47 Å². The first-order chi connectivity index (χ1) is 10.6. The number of nitrogens with zero attached hydrogens (tertiary/aromatic N) is 2. The molecule has 0 saturated carbocycles. The van der Waals surface area contributed by atoms with Gasteiger partial charge >= 0.3 is 0 Å². The highest BCUT2D eigenvalue weighted by molar-refractivity contribution is 7.86. The molecular formula is C15H22N2O4S. The maximum atomic E-state index is 12.6. The molecule has 0 bridgehead atoms. The van der Waals surface area contributed by atoms with E-state index in [0.717, 1.165) is 19.3 Å². The van der Waals surface area contributed by atoms with E-state index in [4.69, 9.17) is 9.47 Å². The Balaban J connectivity index is 1.63. The Bertz CT molecular complexity index is 614. The van der Waals surface area contributed by atoms with Crippen LogP contribution in [0.5, 0.6) is 11.5 Å². The van der Waals surface area contributed by atoms with Crippen molar-refractivity contribution in [2.24, 2.45) is 0 Å². The Hall–Kier alpha value is -1.31. The van der Waals surface area contributed by atoms with Gasteiger partial charge in [0, 0.05) is 20.1 Å². The Labute approximate surface area is 131 Å². The third kappa shape index (κ3) is 3.21. The van der Waals surface area contributed by atoms with Crippen LogP contribution in [0.3, 0.4) is 0 Å². The first kappa shape index (κ1) is 15.6. The fraction of sp³-hybridized carbons (Fsp3) is 0.600. The minimum Gasteiger partial charge on any atom is -0.486 e. The quantitative estimate of drug-likeness (QED) is 0.841. The molecule has 1 unspecified atom stereocenters. The summed E-state index contributed by atoms with van der Waals surface area (Å²) < 4.78 is 39.5. The number of benzene rings is 1. The largest absolute Gasteiger partial charge is 0.486 e. The number of rotatable bonds is 4. The lowest BCUT2D eigenvalue weighted by atomic mass is 10.2. The predicted octanol–water partition coefficient (Wildman–Crippen LogP) is 1.49. The standard InChI is InChI=1S/C15H22N2O4S/c1-16(22(18,19)17-9-5-2-6-10-17)11-13-12-20-14-7-3-4-8-15(14)21-13/h3-4,7-8,13H,2,5-6,9-12H2,1H3. The molecule has 0 N–H and O–H groups in total. The summed E-state index contributed by atoms with van der Waals surface area (Å²) in [5.41, 5.74) is 0. The molecule has 1 aromatic carbocycles. The van der Waals surface area contributed by atoms with Crippen molar-refractivity contribution in [3.8, 4) is 11.5 Å².